The number of hydrogen-bond donors (Lipinski definition) is 0. The van der Waals surface area contributed by atoms with Crippen molar-refractivity contribution in [1.29, 1.82) is 0 Å². The number of nitrogens with zero attached hydrogens (tertiary/aromatic N) is 2. The number of carbonyl (C=O) groups is 2. The van der Waals surface area contributed by atoms with Crippen LogP contribution in [0.5, 0.6) is 0 Å². The van der Waals surface area contributed by atoms with E-state index in [4.69, 9.17) is 11.6 Å². The van der Waals surface area contributed by atoms with Crippen molar-refractivity contribution in [3.05, 3.63) is 64.9 Å². The van der Waals surface area contributed by atoms with Crippen LogP contribution in [0.4, 0.5) is 0 Å². The van der Waals surface area contributed by atoms with Crippen LogP contribution in [0, 0.1) is 0 Å². The number of rotatable bonds is 6. The molecule has 0 spiro atoms. The second kappa shape index (κ2) is 7.88. The molecule has 0 aliphatic carbocycles. The van der Waals surface area contributed by atoms with Gasteiger partial charge < -0.3 is 4.90 Å². The molecule has 120 valence electrons. The predicted octanol–water partition coefficient (Wildman–Crippen LogP) is 2.99. The molecular formula is C18H20ClN2O2+. The molecule has 0 fully saturated rings. The van der Waals surface area contributed by atoms with Gasteiger partial charge in [0.15, 0.2) is 12.4 Å². The summed E-state index contributed by atoms with van der Waals surface area (Å²) in [6.07, 6.45) is 3.50. The van der Waals surface area contributed by atoms with Crippen LogP contribution in [0.1, 0.15) is 34.6 Å². The highest BCUT2D eigenvalue weighted by Crippen LogP contribution is 2.10. The normalized spacial score (nSPS) is 10.4. The molecule has 1 amide bonds. The summed E-state index contributed by atoms with van der Waals surface area (Å²) >= 11 is 5.83. The highest BCUT2D eigenvalue weighted by atomic mass is 35.5. The Hall–Kier alpha value is -2.20. The summed E-state index contributed by atoms with van der Waals surface area (Å²) in [5.41, 5.74) is 1.18. The maximum atomic E-state index is 12.4. The molecule has 0 saturated carbocycles. The smallest absolute Gasteiger partial charge is 0.259 e. The molecule has 0 N–H and O–H groups in total. The molecule has 0 unspecified atom stereocenters. The van der Waals surface area contributed by atoms with E-state index in [0.29, 0.717) is 29.2 Å². The minimum atomic E-state index is -0.0286. The first-order chi connectivity index (χ1) is 11.0. The van der Waals surface area contributed by atoms with Gasteiger partial charge in [-0.05, 0) is 44.2 Å². The summed E-state index contributed by atoms with van der Waals surface area (Å²) in [7, 11) is 0. The topological polar surface area (TPSA) is 41.3 Å². The Morgan fingerprint density at radius 2 is 1.70 bits per heavy atom. The second-order valence-corrected chi connectivity index (χ2v) is 5.61. The number of carbonyl (C=O) groups excluding carboxylic acids is 2. The second-order valence-electron chi connectivity index (χ2n) is 5.17. The maximum Gasteiger partial charge on any atom is 0.259 e. The van der Waals surface area contributed by atoms with E-state index >= 15 is 0 Å². The fraction of sp³-hybridized carbons (Fsp3) is 0.278. The van der Waals surface area contributed by atoms with E-state index in [-0.39, 0.29) is 18.2 Å². The molecule has 0 aliphatic rings. The summed E-state index contributed by atoms with van der Waals surface area (Å²) in [5, 5.41) is 0.598. The van der Waals surface area contributed by atoms with Crippen molar-refractivity contribution in [2.75, 3.05) is 13.1 Å². The van der Waals surface area contributed by atoms with Gasteiger partial charge in [-0.25, -0.2) is 0 Å². The van der Waals surface area contributed by atoms with Gasteiger partial charge in [0.25, 0.3) is 5.91 Å². The minimum Gasteiger partial charge on any atom is -0.339 e. The van der Waals surface area contributed by atoms with E-state index in [1.807, 2.05) is 13.8 Å². The summed E-state index contributed by atoms with van der Waals surface area (Å²) in [5.74, 6) is -0.0533. The Morgan fingerprint density at radius 1 is 1.04 bits per heavy atom. The molecule has 0 radical (unpaired) electrons. The molecule has 2 aromatic rings. The van der Waals surface area contributed by atoms with Gasteiger partial charge in [-0.1, -0.05) is 11.6 Å². The molecule has 2 rings (SSSR count). The number of benzene rings is 1. The van der Waals surface area contributed by atoms with Crippen LogP contribution in [-0.4, -0.2) is 29.7 Å². The number of ketones is 1. The summed E-state index contributed by atoms with van der Waals surface area (Å²) in [6.45, 7) is 5.40. The van der Waals surface area contributed by atoms with Gasteiger partial charge in [0.05, 0.1) is 0 Å². The zero-order valence-electron chi connectivity index (χ0n) is 13.3. The first-order valence-corrected chi connectivity index (χ1v) is 8.00. The Balaban J connectivity index is 2.15. The van der Waals surface area contributed by atoms with E-state index in [1.54, 1.807) is 58.3 Å². The third kappa shape index (κ3) is 4.39. The molecule has 1 heterocycles. The number of halogens is 1. The number of aromatic nitrogens is 1. The Labute approximate surface area is 141 Å². The SMILES string of the molecule is CCN(CC)C(=O)c1ccc[n+](CC(=O)c2ccc(Cl)cc2)c1. The van der Waals surface area contributed by atoms with Crippen LogP contribution in [-0.2, 0) is 6.54 Å². The van der Waals surface area contributed by atoms with Gasteiger partial charge in [0.1, 0.15) is 5.56 Å². The molecule has 1 aromatic heterocycles. The van der Waals surface area contributed by atoms with Crippen molar-refractivity contribution in [2.45, 2.75) is 20.4 Å². The van der Waals surface area contributed by atoms with E-state index in [1.165, 1.54) is 0 Å². The molecule has 4 nitrogen and oxygen atoms in total. The van der Waals surface area contributed by atoms with Crippen LogP contribution < -0.4 is 4.57 Å². The Kier molecular flexibility index (Phi) is 5.88. The fourth-order valence-electron chi connectivity index (χ4n) is 2.33. The third-order valence-electron chi connectivity index (χ3n) is 3.65. The molecule has 0 aliphatic heterocycles. The minimum absolute atomic E-state index is 0.0247. The first-order valence-electron chi connectivity index (χ1n) is 7.62. The van der Waals surface area contributed by atoms with Crippen LogP contribution in [0.3, 0.4) is 0 Å². The van der Waals surface area contributed by atoms with Crippen molar-refractivity contribution in [3.8, 4) is 0 Å². The lowest BCUT2D eigenvalue weighted by atomic mass is 10.1. The van der Waals surface area contributed by atoms with Crippen LogP contribution in [0.25, 0.3) is 0 Å². The van der Waals surface area contributed by atoms with Gasteiger partial charge >= 0.3 is 0 Å². The molecule has 5 heteroatoms. The van der Waals surface area contributed by atoms with E-state index in [0.717, 1.165) is 0 Å². The molecule has 1 aromatic carbocycles. The molecule has 0 atom stereocenters. The summed E-state index contributed by atoms with van der Waals surface area (Å²) < 4.78 is 1.73. The average molecular weight is 332 g/mol. The molecular weight excluding hydrogens is 312 g/mol. The lowest BCUT2D eigenvalue weighted by Crippen LogP contribution is -2.39. The van der Waals surface area contributed by atoms with E-state index in [2.05, 4.69) is 0 Å². The largest absolute Gasteiger partial charge is 0.339 e. The van der Waals surface area contributed by atoms with Gasteiger partial charge in [-0.2, -0.15) is 4.57 Å². The zero-order valence-corrected chi connectivity index (χ0v) is 14.1. The summed E-state index contributed by atoms with van der Waals surface area (Å²) in [6, 6.07) is 10.3. The Morgan fingerprint density at radius 3 is 2.30 bits per heavy atom. The van der Waals surface area contributed by atoms with Crippen molar-refractivity contribution >= 4 is 23.3 Å². The standard InChI is InChI=1S/C18H20ClN2O2/c1-3-21(4-2)18(23)15-6-5-11-20(12-15)13-17(22)14-7-9-16(19)10-8-14/h5-12H,3-4,13H2,1-2H3/q+1. The van der Waals surface area contributed by atoms with Crippen molar-refractivity contribution in [2.24, 2.45) is 0 Å². The molecule has 23 heavy (non-hydrogen) atoms. The van der Waals surface area contributed by atoms with Crippen molar-refractivity contribution in [3.63, 3.8) is 0 Å². The lowest BCUT2D eigenvalue weighted by molar-refractivity contribution is -0.683. The van der Waals surface area contributed by atoms with E-state index < -0.39 is 0 Å². The van der Waals surface area contributed by atoms with Crippen molar-refractivity contribution < 1.29 is 14.2 Å². The first kappa shape index (κ1) is 17.2. The van der Waals surface area contributed by atoms with Gasteiger partial charge in [-0.15, -0.1) is 0 Å². The van der Waals surface area contributed by atoms with E-state index in [9.17, 15) is 9.59 Å². The molecule has 0 bridgehead atoms. The third-order valence-corrected chi connectivity index (χ3v) is 3.90. The summed E-state index contributed by atoms with van der Waals surface area (Å²) in [4.78, 5) is 26.4. The average Bonchev–Trinajstić information content (AvgIpc) is 2.56. The zero-order chi connectivity index (χ0) is 16.8. The molecule has 0 saturated heterocycles. The van der Waals surface area contributed by atoms with Crippen LogP contribution >= 0.6 is 11.6 Å². The number of hydrogen-bond acceptors (Lipinski definition) is 2. The fourth-order valence-corrected chi connectivity index (χ4v) is 2.46. The number of amides is 1. The van der Waals surface area contributed by atoms with Crippen molar-refractivity contribution in [1.82, 2.24) is 4.90 Å². The maximum absolute atomic E-state index is 12.4. The monoisotopic (exact) mass is 331 g/mol. The number of Topliss-reactive ketones (excluding diaryl/α,β-unsaturated/α-hetero) is 1. The van der Waals surface area contributed by atoms with Gasteiger partial charge in [0.2, 0.25) is 12.3 Å². The quantitative estimate of drug-likeness (QED) is 0.603. The Bertz CT molecular complexity index is 694. The van der Waals surface area contributed by atoms with Crippen LogP contribution in [0.15, 0.2) is 48.8 Å². The number of pyridine rings is 1. The predicted molar refractivity (Wildman–Crippen MR) is 89.7 cm³/mol. The van der Waals surface area contributed by atoms with Gasteiger partial charge in [-0.3, -0.25) is 9.59 Å². The highest BCUT2D eigenvalue weighted by Gasteiger charge is 2.17. The lowest BCUT2D eigenvalue weighted by Gasteiger charge is -2.17. The van der Waals surface area contributed by atoms with Gasteiger partial charge in [0, 0.05) is 29.7 Å². The van der Waals surface area contributed by atoms with Crippen LogP contribution in [0.2, 0.25) is 5.02 Å². The highest BCUT2D eigenvalue weighted by molar-refractivity contribution is 6.30.